The van der Waals surface area contributed by atoms with Crippen molar-refractivity contribution < 1.29 is 14.3 Å². The molecule has 5 heteroatoms. The Morgan fingerprint density at radius 3 is 2.70 bits per heavy atom. The maximum absolute atomic E-state index is 11.8. The van der Waals surface area contributed by atoms with Gasteiger partial charge in [0.15, 0.2) is 6.61 Å². The summed E-state index contributed by atoms with van der Waals surface area (Å²) in [5.41, 5.74) is 2.99. The van der Waals surface area contributed by atoms with E-state index in [9.17, 15) is 9.59 Å². The highest BCUT2D eigenvalue weighted by Crippen LogP contribution is 2.14. The van der Waals surface area contributed by atoms with Gasteiger partial charge in [0.25, 0.3) is 5.91 Å². The first-order chi connectivity index (χ1) is 11.0. The molecule has 0 saturated carbocycles. The topological polar surface area (TPSA) is 55.4 Å². The van der Waals surface area contributed by atoms with Crippen molar-refractivity contribution in [2.24, 2.45) is 0 Å². The van der Waals surface area contributed by atoms with Crippen LogP contribution in [0.4, 0.5) is 5.69 Å². The summed E-state index contributed by atoms with van der Waals surface area (Å²) in [6, 6.07) is 9.73. The standard InChI is InChI=1S/C18H21NO3S/c1-13-8-9-15(11-14(13)2)19-17(20)12-22-18(21)7-3-5-16-6-4-10-23-16/h4,6,8-11H,3,5,7,12H2,1-2H3,(H,19,20). The Morgan fingerprint density at radius 2 is 2.00 bits per heavy atom. The summed E-state index contributed by atoms with van der Waals surface area (Å²) in [5, 5.41) is 4.75. The van der Waals surface area contributed by atoms with E-state index in [0.717, 1.165) is 18.4 Å². The Balaban J connectivity index is 1.67. The van der Waals surface area contributed by atoms with Crippen LogP contribution in [-0.4, -0.2) is 18.5 Å². The van der Waals surface area contributed by atoms with E-state index >= 15 is 0 Å². The largest absolute Gasteiger partial charge is 0.456 e. The zero-order valence-electron chi connectivity index (χ0n) is 13.4. The molecule has 1 heterocycles. The number of benzene rings is 1. The van der Waals surface area contributed by atoms with E-state index in [2.05, 4.69) is 5.32 Å². The normalized spacial score (nSPS) is 10.3. The molecule has 0 unspecified atom stereocenters. The monoisotopic (exact) mass is 331 g/mol. The van der Waals surface area contributed by atoms with Crippen molar-refractivity contribution in [3.05, 3.63) is 51.7 Å². The second kappa shape index (κ2) is 8.48. The highest BCUT2D eigenvalue weighted by molar-refractivity contribution is 7.09. The summed E-state index contributed by atoms with van der Waals surface area (Å²) >= 11 is 1.68. The van der Waals surface area contributed by atoms with Crippen LogP contribution in [-0.2, 0) is 20.7 Å². The molecule has 1 amide bonds. The first-order valence-electron chi connectivity index (χ1n) is 7.59. The summed E-state index contributed by atoms with van der Waals surface area (Å²) in [6.07, 6.45) is 1.93. The number of rotatable bonds is 7. The van der Waals surface area contributed by atoms with Gasteiger partial charge in [0, 0.05) is 17.0 Å². The molecule has 0 radical (unpaired) electrons. The molecule has 23 heavy (non-hydrogen) atoms. The summed E-state index contributed by atoms with van der Waals surface area (Å²) in [5.74, 6) is -0.656. The number of anilines is 1. The first kappa shape index (κ1) is 17.2. The minimum absolute atomic E-state index is 0.245. The fourth-order valence-electron chi connectivity index (χ4n) is 2.10. The van der Waals surface area contributed by atoms with E-state index < -0.39 is 0 Å². The van der Waals surface area contributed by atoms with Gasteiger partial charge in [-0.25, -0.2) is 0 Å². The Morgan fingerprint density at radius 1 is 1.17 bits per heavy atom. The quantitative estimate of drug-likeness (QED) is 0.784. The minimum Gasteiger partial charge on any atom is -0.456 e. The molecule has 0 saturated heterocycles. The van der Waals surface area contributed by atoms with Crippen LogP contribution < -0.4 is 5.32 Å². The molecule has 0 fully saturated rings. The van der Waals surface area contributed by atoms with Crippen molar-refractivity contribution in [1.29, 1.82) is 0 Å². The number of aryl methyl sites for hydroxylation is 3. The number of esters is 1. The lowest BCUT2D eigenvalue weighted by Gasteiger charge is -2.08. The highest BCUT2D eigenvalue weighted by atomic mass is 32.1. The van der Waals surface area contributed by atoms with Crippen molar-refractivity contribution in [3.8, 4) is 0 Å². The zero-order chi connectivity index (χ0) is 16.7. The number of hydrogen-bond donors (Lipinski definition) is 1. The number of thiophene rings is 1. The Bertz CT molecular complexity index is 665. The zero-order valence-corrected chi connectivity index (χ0v) is 14.2. The third-order valence-electron chi connectivity index (χ3n) is 3.54. The SMILES string of the molecule is Cc1ccc(NC(=O)COC(=O)CCCc2cccs2)cc1C. The van der Waals surface area contributed by atoms with Gasteiger partial charge < -0.3 is 10.1 Å². The Hall–Kier alpha value is -2.14. The molecule has 1 N–H and O–H groups in total. The molecule has 1 aromatic heterocycles. The predicted octanol–water partition coefficient (Wildman–Crippen LogP) is 3.87. The molecule has 122 valence electrons. The smallest absolute Gasteiger partial charge is 0.306 e. The molecule has 0 atom stereocenters. The molecule has 2 aromatic rings. The van der Waals surface area contributed by atoms with Crippen LogP contribution in [0.5, 0.6) is 0 Å². The fourth-order valence-corrected chi connectivity index (χ4v) is 2.85. The van der Waals surface area contributed by atoms with Crippen molar-refractivity contribution in [2.75, 3.05) is 11.9 Å². The number of ether oxygens (including phenoxy) is 1. The van der Waals surface area contributed by atoms with Crippen LogP contribution in [0, 0.1) is 13.8 Å². The van der Waals surface area contributed by atoms with Crippen LogP contribution in [0.1, 0.15) is 28.8 Å². The van der Waals surface area contributed by atoms with Gasteiger partial charge in [-0.3, -0.25) is 9.59 Å². The lowest BCUT2D eigenvalue weighted by molar-refractivity contribution is -0.147. The third kappa shape index (κ3) is 5.87. The van der Waals surface area contributed by atoms with Crippen LogP contribution in [0.15, 0.2) is 35.7 Å². The number of amides is 1. The molecule has 0 aliphatic heterocycles. The molecular weight excluding hydrogens is 310 g/mol. The van der Waals surface area contributed by atoms with Crippen molar-refractivity contribution in [1.82, 2.24) is 0 Å². The van der Waals surface area contributed by atoms with Gasteiger partial charge in [-0.2, -0.15) is 0 Å². The Labute approximate surface area is 140 Å². The minimum atomic E-state index is -0.336. The summed E-state index contributed by atoms with van der Waals surface area (Å²) in [4.78, 5) is 24.7. The van der Waals surface area contributed by atoms with Gasteiger partial charge in [0.05, 0.1) is 0 Å². The van der Waals surface area contributed by atoms with E-state index in [0.29, 0.717) is 12.1 Å². The predicted molar refractivity (Wildman–Crippen MR) is 92.8 cm³/mol. The van der Waals surface area contributed by atoms with Gasteiger partial charge in [0.2, 0.25) is 0 Å². The van der Waals surface area contributed by atoms with Crippen LogP contribution in [0.3, 0.4) is 0 Å². The molecule has 0 bridgehead atoms. The highest BCUT2D eigenvalue weighted by Gasteiger charge is 2.08. The average molecular weight is 331 g/mol. The first-order valence-corrected chi connectivity index (χ1v) is 8.47. The van der Waals surface area contributed by atoms with Crippen molar-refractivity contribution >= 4 is 28.9 Å². The molecular formula is C18H21NO3S. The van der Waals surface area contributed by atoms with Gasteiger partial charge in [-0.15, -0.1) is 11.3 Å². The molecule has 4 nitrogen and oxygen atoms in total. The van der Waals surface area contributed by atoms with Gasteiger partial charge in [-0.1, -0.05) is 12.1 Å². The van der Waals surface area contributed by atoms with Crippen LogP contribution in [0.2, 0.25) is 0 Å². The number of hydrogen-bond acceptors (Lipinski definition) is 4. The summed E-state index contributed by atoms with van der Waals surface area (Å²) < 4.78 is 5.00. The molecule has 0 aliphatic rings. The average Bonchev–Trinajstić information content (AvgIpc) is 3.02. The lowest BCUT2D eigenvalue weighted by atomic mass is 10.1. The van der Waals surface area contributed by atoms with E-state index in [1.807, 2.05) is 49.6 Å². The van der Waals surface area contributed by atoms with Crippen LogP contribution >= 0.6 is 11.3 Å². The van der Waals surface area contributed by atoms with Gasteiger partial charge in [0.1, 0.15) is 0 Å². The fraction of sp³-hybridized carbons (Fsp3) is 0.333. The summed E-state index contributed by atoms with van der Waals surface area (Å²) in [7, 11) is 0. The maximum atomic E-state index is 11.8. The van der Waals surface area contributed by atoms with Gasteiger partial charge in [-0.05, 0) is 61.4 Å². The van der Waals surface area contributed by atoms with E-state index in [4.69, 9.17) is 4.74 Å². The Kier molecular flexibility index (Phi) is 6.35. The molecule has 0 aliphatic carbocycles. The van der Waals surface area contributed by atoms with E-state index in [1.165, 1.54) is 10.4 Å². The summed E-state index contributed by atoms with van der Waals surface area (Å²) in [6.45, 7) is 3.75. The van der Waals surface area contributed by atoms with E-state index in [1.54, 1.807) is 11.3 Å². The van der Waals surface area contributed by atoms with Crippen molar-refractivity contribution in [2.45, 2.75) is 33.1 Å². The van der Waals surface area contributed by atoms with Crippen LogP contribution in [0.25, 0.3) is 0 Å². The number of carbonyl (C=O) groups excluding carboxylic acids is 2. The second-order valence-electron chi connectivity index (χ2n) is 5.44. The van der Waals surface area contributed by atoms with Gasteiger partial charge >= 0.3 is 5.97 Å². The molecule has 1 aromatic carbocycles. The van der Waals surface area contributed by atoms with E-state index in [-0.39, 0.29) is 18.5 Å². The maximum Gasteiger partial charge on any atom is 0.306 e. The lowest BCUT2D eigenvalue weighted by Crippen LogP contribution is -2.20. The second-order valence-corrected chi connectivity index (χ2v) is 6.47. The molecule has 0 spiro atoms. The number of carbonyl (C=O) groups is 2. The van der Waals surface area contributed by atoms with Crippen molar-refractivity contribution in [3.63, 3.8) is 0 Å². The number of nitrogens with one attached hydrogen (secondary N) is 1. The third-order valence-corrected chi connectivity index (χ3v) is 4.48. The molecule has 2 rings (SSSR count).